The first-order chi connectivity index (χ1) is 12.5. The van der Waals surface area contributed by atoms with Crippen LogP contribution < -0.4 is 9.57 Å². The monoisotopic (exact) mass is 394 g/mol. The van der Waals surface area contributed by atoms with Gasteiger partial charge in [-0.1, -0.05) is 44.4 Å². The largest absolute Gasteiger partial charge is 0.493 e. The van der Waals surface area contributed by atoms with Gasteiger partial charge in [0.1, 0.15) is 9.96 Å². The van der Waals surface area contributed by atoms with E-state index in [1.807, 2.05) is 4.83 Å². The van der Waals surface area contributed by atoms with Crippen LogP contribution >= 0.6 is 11.3 Å². The summed E-state index contributed by atoms with van der Waals surface area (Å²) in [6.07, 6.45) is 5.25. The van der Waals surface area contributed by atoms with E-state index in [4.69, 9.17) is 4.74 Å². The van der Waals surface area contributed by atoms with Gasteiger partial charge in [-0.2, -0.15) is 18.4 Å². The molecule has 0 radical (unpaired) electrons. The Bertz CT molecular complexity index is 831. The molecule has 0 aliphatic rings. The van der Waals surface area contributed by atoms with E-state index in [0.717, 1.165) is 43.2 Å². The molecule has 2 rings (SSSR count). The van der Waals surface area contributed by atoms with Gasteiger partial charge in [-0.15, -0.1) is 11.3 Å². The molecule has 0 aliphatic heterocycles. The molecule has 26 heavy (non-hydrogen) atoms. The summed E-state index contributed by atoms with van der Waals surface area (Å²) in [5.41, 5.74) is 0.349. The first-order valence-corrected chi connectivity index (χ1v) is 10.8. The van der Waals surface area contributed by atoms with E-state index in [1.54, 1.807) is 35.7 Å². The molecule has 0 aliphatic carbocycles. The molecule has 0 fully saturated rings. The van der Waals surface area contributed by atoms with Gasteiger partial charge in [-0.25, -0.2) is 0 Å². The first kappa shape index (κ1) is 20.1. The maximum atomic E-state index is 12.3. The van der Waals surface area contributed by atoms with Gasteiger partial charge >= 0.3 is 0 Å². The molecule has 0 saturated heterocycles. The fraction of sp³-hybridized carbons (Fsp3) is 0.333. The molecule has 2 aromatic rings. The van der Waals surface area contributed by atoms with Crippen LogP contribution in [0.15, 0.2) is 51.1 Å². The van der Waals surface area contributed by atoms with Crippen molar-refractivity contribution in [2.24, 2.45) is 5.10 Å². The minimum absolute atomic E-state index is 0.137. The molecule has 0 spiro atoms. The van der Waals surface area contributed by atoms with Crippen LogP contribution in [0.3, 0.4) is 0 Å². The summed E-state index contributed by atoms with van der Waals surface area (Å²) in [6, 6.07) is 9.95. The number of hydrogen-bond donors (Lipinski definition) is 1. The number of para-hydroxylation sites is 1. The van der Waals surface area contributed by atoms with Crippen molar-refractivity contribution in [3.63, 3.8) is 0 Å². The maximum absolute atomic E-state index is 12.3. The van der Waals surface area contributed by atoms with E-state index in [0.29, 0.717) is 17.9 Å². The predicted octanol–water partition coefficient (Wildman–Crippen LogP) is 3.85. The molecule has 8 heteroatoms. The Morgan fingerprint density at radius 1 is 1.19 bits per heavy atom. The molecule has 0 amide bonds. The van der Waals surface area contributed by atoms with Crippen molar-refractivity contribution in [3.05, 3.63) is 47.3 Å². The number of hydrogen-bond acceptors (Lipinski definition) is 6. The number of thiophene rings is 1. The zero-order valence-electron chi connectivity index (χ0n) is 14.6. The van der Waals surface area contributed by atoms with E-state index in [-0.39, 0.29) is 4.21 Å². The number of sulfonamides is 1. The Kier molecular flexibility index (Phi) is 7.80. The van der Waals surface area contributed by atoms with Crippen LogP contribution in [-0.2, 0) is 10.0 Å². The van der Waals surface area contributed by atoms with Crippen LogP contribution in [-0.4, -0.2) is 27.0 Å². The van der Waals surface area contributed by atoms with Crippen LogP contribution in [0.4, 0.5) is 0 Å². The Balaban J connectivity index is 1.96. The molecule has 1 aromatic heterocycles. The van der Waals surface area contributed by atoms with Crippen molar-refractivity contribution >= 4 is 33.4 Å². The number of nitrogens with zero attached hydrogens (tertiary/aromatic N) is 1. The van der Waals surface area contributed by atoms with Gasteiger partial charge in [0.2, 0.25) is 5.78 Å². The molecule has 1 aromatic carbocycles. The Hall–Kier alpha value is -2.19. The van der Waals surface area contributed by atoms with Crippen LogP contribution in [0.1, 0.15) is 43.0 Å². The number of ether oxygens (including phenoxy) is 1. The highest BCUT2D eigenvalue weighted by Gasteiger charge is 2.14. The third-order valence-corrected chi connectivity index (χ3v) is 6.14. The third-order valence-electron chi connectivity index (χ3n) is 3.52. The van der Waals surface area contributed by atoms with Crippen LogP contribution in [0.5, 0.6) is 5.75 Å². The molecule has 1 N–H and O–H groups in total. The van der Waals surface area contributed by atoms with Crippen molar-refractivity contribution < 1.29 is 17.9 Å². The molecule has 0 unspecified atom stereocenters. The topological polar surface area (TPSA) is 84.8 Å². The molecule has 0 bridgehead atoms. The minimum atomic E-state index is -3.74. The zero-order valence-corrected chi connectivity index (χ0v) is 16.2. The number of nitrogens with one attached hydrogen (secondary N) is 1. The maximum Gasteiger partial charge on any atom is 0.286 e. The lowest BCUT2D eigenvalue weighted by atomic mass is 10.1. The normalized spacial score (nSPS) is 11.6. The average molecular weight is 395 g/mol. The van der Waals surface area contributed by atoms with Crippen molar-refractivity contribution in [1.82, 2.24) is 4.83 Å². The summed E-state index contributed by atoms with van der Waals surface area (Å²) in [4.78, 5) is 14.3. The van der Waals surface area contributed by atoms with Gasteiger partial charge in [0.15, 0.2) is 0 Å². The SMILES string of the molecule is CCCCCCOc1ccccc1C(=O)/C=N/NS(=O)(=O)c1cccs1. The Morgan fingerprint density at radius 3 is 2.73 bits per heavy atom. The van der Waals surface area contributed by atoms with Gasteiger partial charge in [0.05, 0.1) is 18.4 Å². The number of ketones is 1. The summed E-state index contributed by atoms with van der Waals surface area (Å²) in [6.45, 7) is 2.67. The smallest absolute Gasteiger partial charge is 0.286 e. The average Bonchev–Trinajstić information content (AvgIpc) is 3.17. The fourth-order valence-corrected chi connectivity index (χ4v) is 3.97. The van der Waals surface area contributed by atoms with E-state index in [2.05, 4.69) is 12.0 Å². The zero-order chi connectivity index (χ0) is 18.8. The number of carbonyl (C=O) groups excluding carboxylic acids is 1. The summed E-state index contributed by atoms with van der Waals surface area (Å²) in [7, 11) is -3.74. The number of hydrazone groups is 1. The molecular weight excluding hydrogens is 372 g/mol. The van der Waals surface area contributed by atoms with Gasteiger partial charge in [-0.3, -0.25) is 4.79 Å². The summed E-state index contributed by atoms with van der Waals surface area (Å²) >= 11 is 1.07. The second kappa shape index (κ2) is 10.1. The summed E-state index contributed by atoms with van der Waals surface area (Å²) in [5, 5.41) is 5.23. The number of benzene rings is 1. The second-order valence-electron chi connectivity index (χ2n) is 5.55. The van der Waals surface area contributed by atoms with Gasteiger partial charge in [0.25, 0.3) is 10.0 Å². The lowest BCUT2D eigenvalue weighted by Crippen LogP contribution is -2.18. The van der Waals surface area contributed by atoms with Gasteiger partial charge in [0, 0.05) is 0 Å². The third kappa shape index (κ3) is 5.96. The minimum Gasteiger partial charge on any atom is -0.493 e. The molecule has 0 atom stereocenters. The number of rotatable bonds is 11. The Morgan fingerprint density at radius 2 is 2.00 bits per heavy atom. The lowest BCUT2D eigenvalue weighted by molar-refractivity contribution is 0.106. The van der Waals surface area contributed by atoms with Gasteiger partial charge < -0.3 is 4.74 Å². The van der Waals surface area contributed by atoms with E-state index >= 15 is 0 Å². The quantitative estimate of drug-likeness (QED) is 0.271. The molecule has 140 valence electrons. The van der Waals surface area contributed by atoms with Crippen molar-refractivity contribution in [2.75, 3.05) is 6.61 Å². The van der Waals surface area contributed by atoms with E-state index < -0.39 is 15.8 Å². The Labute approximate surface area is 157 Å². The van der Waals surface area contributed by atoms with Crippen LogP contribution in [0.25, 0.3) is 0 Å². The number of Topliss-reactive ketones (excluding diaryl/α,β-unsaturated/α-hetero) is 1. The highest BCUT2D eigenvalue weighted by Crippen LogP contribution is 2.19. The highest BCUT2D eigenvalue weighted by molar-refractivity contribution is 7.91. The van der Waals surface area contributed by atoms with Gasteiger partial charge in [-0.05, 0) is 30.0 Å². The molecule has 6 nitrogen and oxygen atoms in total. The van der Waals surface area contributed by atoms with E-state index in [1.165, 1.54) is 6.07 Å². The number of carbonyl (C=O) groups is 1. The highest BCUT2D eigenvalue weighted by atomic mass is 32.2. The second-order valence-corrected chi connectivity index (χ2v) is 8.39. The van der Waals surface area contributed by atoms with Crippen LogP contribution in [0.2, 0.25) is 0 Å². The summed E-state index contributed by atoms with van der Waals surface area (Å²) in [5.74, 6) is 0.0459. The van der Waals surface area contributed by atoms with Crippen molar-refractivity contribution in [2.45, 2.75) is 36.8 Å². The van der Waals surface area contributed by atoms with Crippen molar-refractivity contribution in [3.8, 4) is 5.75 Å². The molecule has 0 saturated carbocycles. The number of unbranched alkanes of at least 4 members (excludes halogenated alkanes) is 3. The standard InChI is InChI=1S/C18H22N2O4S2/c1-2-3-4-7-12-24-17-10-6-5-9-15(17)16(21)14-19-20-26(22,23)18-11-8-13-25-18/h5-6,8-11,13-14,20H,2-4,7,12H2,1H3/b19-14+. The fourth-order valence-electron chi connectivity index (χ4n) is 2.19. The van der Waals surface area contributed by atoms with Crippen molar-refractivity contribution in [1.29, 1.82) is 0 Å². The lowest BCUT2D eigenvalue weighted by Gasteiger charge is -2.09. The predicted molar refractivity (Wildman–Crippen MR) is 104 cm³/mol. The molecule has 1 heterocycles. The van der Waals surface area contributed by atoms with Crippen LogP contribution in [0, 0.1) is 0 Å². The summed E-state index contributed by atoms with van der Waals surface area (Å²) < 4.78 is 29.7. The van der Waals surface area contributed by atoms with E-state index in [9.17, 15) is 13.2 Å². The molecular formula is C18H22N2O4S2. The first-order valence-electron chi connectivity index (χ1n) is 8.39.